The van der Waals surface area contributed by atoms with Crippen molar-refractivity contribution in [1.29, 1.82) is 0 Å². The summed E-state index contributed by atoms with van der Waals surface area (Å²) in [5, 5.41) is 23.3. The van der Waals surface area contributed by atoms with Gasteiger partial charge >= 0.3 is 12.1 Å². The van der Waals surface area contributed by atoms with Crippen molar-refractivity contribution < 1.29 is 36.6 Å². The minimum absolute atomic E-state index is 0.124. The van der Waals surface area contributed by atoms with Gasteiger partial charge in [-0.05, 0) is 82.7 Å². The molecule has 0 unspecified atom stereocenters. The zero-order valence-corrected chi connectivity index (χ0v) is 28.2. The first kappa shape index (κ1) is 35.9. The predicted molar refractivity (Wildman–Crippen MR) is 187 cm³/mol. The van der Waals surface area contributed by atoms with Crippen molar-refractivity contribution in [3.8, 4) is 34.0 Å². The van der Waals surface area contributed by atoms with Crippen molar-refractivity contribution in [2.45, 2.75) is 0 Å². The van der Waals surface area contributed by atoms with Gasteiger partial charge in [0.25, 0.3) is 0 Å². The Morgan fingerprint density at radius 3 is 1.63 bits per heavy atom. The quantitative estimate of drug-likeness (QED) is 0.0851. The molecule has 0 atom stereocenters. The lowest BCUT2D eigenvalue weighted by Crippen LogP contribution is -2.20. The van der Waals surface area contributed by atoms with Crippen LogP contribution >= 0.6 is 15.9 Å². The molecule has 6 N–H and O–H groups in total. The second-order valence-electron chi connectivity index (χ2n) is 10.3. The van der Waals surface area contributed by atoms with E-state index in [4.69, 9.17) is 9.47 Å². The fourth-order valence-electron chi connectivity index (χ4n) is 4.59. The van der Waals surface area contributed by atoms with Gasteiger partial charge in [0.2, 0.25) is 0 Å². The van der Waals surface area contributed by atoms with E-state index < -0.39 is 35.3 Å². The van der Waals surface area contributed by atoms with Crippen LogP contribution in [0.3, 0.4) is 0 Å². The van der Waals surface area contributed by atoms with Crippen LogP contribution in [0.2, 0.25) is 0 Å². The number of anilines is 4. The molecule has 0 saturated heterocycles. The van der Waals surface area contributed by atoms with Crippen molar-refractivity contribution in [2.75, 3.05) is 35.5 Å². The monoisotopic (exact) mass is 766 g/mol. The fourth-order valence-corrected chi connectivity index (χ4v) is 5.00. The van der Waals surface area contributed by atoms with Gasteiger partial charge < -0.3 is 30.7 Å². The first-order chi connectivity index (χ1) is 24.5. The number of urea groups is 2. The normalized spacial score (nSPS) is 10.4. The van der Waals surface area contributed by atoms with E-state index in [2.05, 4.69) is 57.6 Å². The number of ether oxygens (including phenoxy) is 2. The summed E-state index contributed by atoms with van der Waals surface area (Å²) in [5.41, 5.74) is 3.41. The molecular weight excluding hydrogens is 740 g/mol. The molecule has 17 heteroatoms. The summed E-state index contributed by atoms with van der Waals surface area (Å²) < 4.78 is 64.4. The third kappa shape index (κ3) is 9.21. The molecule has 51 heavy (non-hydrogen) atoms. The number of rotatable bonds is 8. The van der Waals surface area contributed by atoms with Gasteiger partial charge in [0.15, 0.2) is 0 Å². The Morgan fingerprint density at radius 1 is 0.647 bits per heavy atom. The number of aromatic nitrogens is 4. The lowest BCUT2D eigenvalue weighted by molar-refractivity contribution is 0.261. The topological polar surface area (TPSA) is 158 Å². The molecule has 2 aromatic heterocycles. The maximum Gasteiger partial charge on any atom is 0.323 e. The van der Waals surface area contributed by atoms with E-state index in [1.54, 1.807) is 54.9 Å². The summed E-state index contributed by atoms with van der Waals surface area (Å²) in [6.45, 7) is 0. The van der Waals surface area contributed by atoms with E-state index in [-0.39, 0.29) is 11.4 Å². The summed E-state index contributed by atoms with van der Waals surface area (Å²) in [6.07, 6.45) is 3.19. The van der Waals surface area contributed by atoms with Crippen LogP contribution in [0.25, 0.3) is 22.5 Å². The molecule has 6 aromatic rings. The highest BCUT2D eigenvalue weighted by atomic mass is 79.9. The van der Waals surface area contributed by atoms with Crippen LogP contribution in [-0.2, 0) is 0 Å². The summed E-state index contributed by atoms with van der Waals surface area (Å²) >= 11 is 3.38. The maximum atomic E-state index is 13.6. The van der Waals surface area contributed by atoms with Crippen LogP contribution in [0.15, 0.2) is 95.7 Å². The molecule has 0 fully saturated rings. The van der Waals surface area contributed by atoms with Crippen molar-refractivity contribution >= 4 is 50.7 Å². The summed E-state index contributed by atoms with van der Waals surface area (Å²) in [4.78, 5) is 24.1. The average molecular weight is 768 g/mol. The number of hydrogen-bond acceptors (Lipinski definition) is 6. The average Bonchev–Trinajstić information content (AvgIpc) is 3.80. The first-order valence-electron chi connectivity index (χ1n) is 14.7. The standard InChI is InChI=1S/C17H13BrF2N4O2.C17H14F2N4O2/c1-26-15-5-3-10(7-11(15)16-12(18)8-21-24-16)22-17(25)23-14-4-2-9(19)6-13(14)20;1-25-16-5-3-11(9-12(16)14-6-7-20-23-14)21-17(24)22-15-4-2-10(18)8-13(15)19/h2-8H,1H3,(H,21,24)(H2,22,23,25);2-9H,1H3,(H,20,23)(H2,21,22,24). The number of nitrogens with zero attached hydrogens (tertiary/aromatic N) is 2. The Kier molecular flexibility index (Phi) is 11.5. The van der Waals surface area contributed by atoms with Crippen LogP contribution in [0.4, 0.5) is 49.9 Å². The number of amides is 4. The van der Waals surface area contributed by atoms with Gasteiger partial charge in [-0.1, -0.05) is 0 Å². The molecule has 2 heterocycles. The van der Waals surface area contributed by atoms with Gasteiger partial charge in [0.05, 0.1) is 47.7 Å². The lowest BCUT2D eigenvalue weighted by atomic mass is 10.1. The van der Waals surface area contributed by atoms with Gasteiger partial charge in [-0.25, -0.2) is 27.2 Å². The molecule has 6 rings (SSSR count). The van der Waals surface area contributed by atoms with Crippen LogP contribution in [0, 0.1) is 23.3 Å². The second-order valence-corrected chi connectivity index (χ2v) is 11.2. The molecule has 4 aromatic carbocycles. The van der Waals surface area contributed by atoms with E-state index in [1.807, 2.05) is 0 Å². The summed E-state index contributed by atoms with van der Waals surface area (Å²) in [7, 11) is 3.06. The molecule has 262 valence electrons. The number of methoxy groups -OCH3 is 2. The minimum atomic E-state index is -0.864. The van der Waals surface area contributed by atoms with Crippen LogP contribution < -0.4 is 30.7 Å². The molecule has 0 aliphatic heterocycles. The Hall–Kier alpha value is -6.36. The number of carbonyl (C=O) groups is 2. The van der Waals surface area contributed by atoms with Gasteiger partial charge in [-0.15, -0.1) is 0 Å². The van der Waals surface area contributed by atoms with Crippen molar-refractivity contribution in [3.63, 3.8) is 0 Å². The Balaban J connectivity index is 0.000000198. The van der Waals surface area contributed by atoms with Crippen LogP contribution in [-0.4, -0.2) is 46.7 Å². The van der Waals surface area contributed by atoms with Crippen molar-refractivity contribution in [2.24, 2.45) is 0 Å². The molecule has 0 radical (unpaired) electrons. The van der Waals surface area contributed by atoms with Crippen molar-refractivity contribution in [1.82, 2.24) is 20.4 Å². The molecule has 0 aliphatic rings. The van der Waals surface area contributed by atoms with E-state index in [1.165, 1.54) is 14.2 Å². The van der Waals surface area contributed by atoms with Gasteiger partial charge in [-0.2, -0.15) is 10.2 Å². The van der Waals surface area contributed by atoms with E-state index in [0.717, 1.165) is 28.7 Å². The number of aromatic amines is 2. The van der Waals surface area contributed by atoms with Crippen LogP contribution in [0.5, 0.6) is 11.5 Å². The summed E-state index contributed by atoms with van der Waals surface area (Å²) in [5.74, 6) is -1.99. The van der Waals surface area contributed by atoms with Crippen molar-refractivity contribution in [3.05, 3.63) is 119 Å². The largest absolute Gasteiger partial charge is 0.496 e. The first-order valence-corrected chi connectivity index (χ1v) is 15.4. The predicted octanol–water partition coefficient (Wildman–Crippen LogP) is 8.78. The highest BCUT2D eigenvalue weighted by molar-refractivity contribution is 9.10. The lowest BCUT2D eigenvalue weighted by Gasteiger charge is -2.12. The van der Waals surface area contributed by atoms with Gasteiger partial charge in [0.1, 0.15) is 34.8 Å². The Bertz CT molecular complexity index is 2160. The Labute approximate surface area is 295 Å². The second kappa shape index (κ2) is 16.4. The van der Waals surface area contributed by atoms with Gasteiger partial charge in [0, 0.05) is 40.8 Å². The SMILES string of the molecule is COc1ccc(NC(=O)Nc2ccc(F)cc2F)cc1-c1[nH]ncc1Br.COc1ccc(NC(=O)Nc2ccc(F)cc2F)cc1-c1ccn[nH]1. The molecule has 12 nitrogen and oxygen atoms in total. The zero-order chi connectivity index (χ0) is 36.5. The number of benzene rings is 4. The summed E-state index contributed by atoms with van der Waals surface area (Å²) in [6, 6.07) is 16.2. The number of nitrogens with one attached hydrogen (secondary N) is 6. The van der Waals surface area contributed by atoms with E-state index >= 15 is 0 Å². The maximum absolute atomic E-state index is 13.6. The zero-order valence-electron chi connectivity index (χ0n) is 26.6. The third-order valence-electron chi connectivity index (χ3n) is 6.93. The highest BCUT2D eigenvalue weighted by Crippen LogP contribution is 2.35. The molecule has 0 spiro atoms. The van der Waals surface area contributed by atoms with E-state index in [0.29, 0.717) is 57.5 Å². The van der Waals surface area contributed by atoms with Crippen LogP contribution in [0.1, 0.15) is 0 Å². The molecule has 0 aliphatic carbocycles. The number of carbonyl (C=O) groups excluding carboxylic acids is 2. The van der Waals surface area contributed by atoms with Gasteiger partial charge in [-0.3, -0.25) is 10.2 Å². The number of hydrogen-bond donors (Lipinski definition) is 6. The third-order valence-corrected chi connectivity index (χ3v) is 7.53. The number of halogens is 5. The number of H-pyrrole nitrogens is 2. The molecule has 0 saturated carbocycles. The van der Waals surface area contributed by atoms with E-state index in [9.17, 15) is 27.2 Å². The smallest absolute Gasteiger partial charge is 0.323 e. The minimum Gasteiger partial charge on any atom is -0.496 e. The Morgan fingerprint density at radius 2 is 1.18 bits per heavy atom. The molecule has 0 bridgehead atoms. The fraction of sp³-hybridized carbons (Fsp3) is 0.0588. The molecular formula is C34H27BrF4N8O4. The highest BCUT2D eigenvalue weighted by Gasteiger charge is 2.15. The molecule has 4 amide bonds.